The highest BCUT2D eigenvalue weighted by Crippen LogP contribution is 2.20. The van der Waals surface area contributed by atoms with Crippen LogP contribution in [0.25, 0.3) is 0 Å². The molecule has 1 aromatic carbocycles. The van der Waals surface area contributed by atoms with Crippen LogP contribution in [-0.4, -0.2) is 15.0 Å². The van der Waals surface area contributed by atoms with E-state index in [1.165, 1.54) is 70.6 Å². The molecule has 4 heteroatoms. The Labute approximate surface area is 168 Å². The minimum atomic E-state index is -3.63. The maximum absolute atomic E-state index is 12.3. The molecule has 3 nitrogen and oxygen atoms in total. The third-order valence-electron chi connectivity index (χ3n) is 5.31. The van der Waals surface area contributed by atoms with Gasteiger partial charge < -0.3 is 0 Å². The van der Waals surface area contributed by atoms with Gasteiger partial charge in [-0.25, -0.2) is 0 Å². The van der Waals surface area contributed by atoms with Crippen LogP contribution in [0.4, 0.5) is 0 Å². The molecule has 156 valence electrons. The first-order valence-electron chi connectivity index (χ1n) is 10.9. The van der Waals surface area contributed by atoms with Crippen molar-refractivity contribution in [3.63, 3.8) is 0 Å². The van der Waals surface area contributed by atoms with Gasteiger partial charge in [0.1, 0.15) is 0 Å². The zero-order valence-corrected chi connectivity index (χ0v) is 18.6. The number of rotatable bonds is 16. The van der Waals surface area contributed by atoms with Gasteiger partial charge in [-0.2, -0.15) is 8.42 Å². The summed E-state index contributed by atoms with van der Waals surface area (Å²) in [4.78, 5) is 0.303. The van der Waals surface area contributed by atoms with Gasteiger partial charge in [0.15, 0.2) is 0 Å². The summed E-state index contributed by atoms with van der Waals surface area (Å²) in [6, 6.07) is 5.31. The second-order valence-electron chi connectivity index (χ2n) is 7.72. The number of benzene rings is 1. The summed E-state index contributed by atoms with van der Waals surface area (Å²) >= 11 is 0. The molecule has 0 amide bonds. The molecule has 1 aromatic rings. The molecule has 0 heterocycles. The van der Waals surface area contributed by atoms with E-state index in [-0.39, 0.29) is 6.61 Å². The Hall–Kier alpha value is -0.870. The van der Waals surface area contributed by atoms with E-state index in [2.05, 4.69) is 6.92 Å². The zero-order valence-electron chi connectivity index (χ0n) is 17.8. The highest BCUT2D eigenvalue weighted by molar-refractivity contribution is 7.86. The van der Waals surface area contributed by atoms with Crippen molar-refractivity contribution in [1.82, 2.24) is 0 Å². The zero-order chi connectivity index (χ0) is 20.0. The van der Waals surface area contributed by atoms with Crippen LogP contribution in [0.1, 0.15) is 102 Å². The van der Waals surface area contributed by atoms with Gasteiger partial charge in [0.2, 0.25) is 0 Å². The number of unbranched alkanes of at least 4 members (excludes halogenated alkanes) is 12. The van der Waals surface area contributed by atoms with Crippen LogP contribution in [0.2, 0.25) is 0 Å². The smallest absolute Gasteiger partial charge is 0.266 e. The summed E-state index contributed by atoms with van der Waals surface area (Å²) in [7, 11) is -3.63. The molecule has 0 aliphatic rings. The van der Waals surface area contributed by atoms with Gasteiger partial charge in [-0.05, 0) is 37.5 Å². The van der Waals surface area contributed by atoms with E-state index in [4.69, 9.17) is 4.18 Å². The van der Waals surface area contributed by atoms with E-state index < -0.39 is 10.1 Å². The summed E-state index contributed by atoms with van der Waals surface area (Å²) in [5.74, 6) is 0. The van der Waals surface area contributed by atoms with Crippen LogP contribution in [0, 0.1) is 13.8 Å². The topological polar surface area (TPSA) is 43.4 Å². The molecule has 0 atom stereocenters. The maximum Gasteiger partial charge on any atom is 0.297 e. The lowest BCUT2D eigenvalue weighted by molar-refractivity contribution is 0.306. The summed E-state index contributed by atoms with van der Waals surface area (Å²) in [5, 5.41) is 0. The molecule has 0 aliphatic carbocycles. The SMILES string of the molecule is CCCCCCCCCCCCCCCOS(=O)(=O)c1cccc(C)c1C. The second-order valence-corrected chi connectivity index (χ2v) is 9.30. The van der Waals surface area contributed by atoms with Crippen LogP contribution in [-0.2, 0) is 14.3 Å². The molecule has 0 aromatic heterocycles. The van der Waals surface area contributed by atoms with Crippen molar-refractivity contribution in [1.29, 1.82) is 0 Å². The van der Waals surface area contributed by atoms with E-state index >= 15 is 0 Å². The molecule has 0 aliphatic heterocycles. The van der Waals surface area contributed by atoms with Gasteiger partial charge in [-0.1, -0.05) is 96.1 Å². The first-order valence-corrected chi connectivity index (χ1v) is 12.4. The molecule has 0 unspecified atom stereocenters. The largest absolute Gasteiger partial charge is 0.297 e. The van der Waals surface area contributed by atoms with Crippen molar-refractivity contribution in [3.05, 3.63) is 29.3 Å². The Morgan fingerprint density at radius 3 is 1.74 bits per heavy atom. The normalized spacial score (nSPS) is 11.8. The molecular weight excluding hydrogens is 356 g/mol. The van der Waals surface area contributed by atoms with Crippen molar-refractivity contribution in [2.24, 2.45) is 0 Å². The molecular formula is C23H40O3S. The van der Waals surface area contributed by atoms with Crippen molar-refractivity contribution in [2.45, 2.75) is 109 Å². The standard InChI is InChI=1S/C23H40O3S/c1-4-5-6-7-8-9-10-11-12-13-14-15-16-20-26-27(24,25)23-19-17-18-21(2)22(23)3/h17-19H,4-16,20H2,1-3H3. The third kappa shape index (κ3) is 10.3. The molecule has 0 saturated carbocycles. The Morgan fingerprint density at radius 2 is 1.22 bits per heavy atom. The lowest BCUT2D eigenvalue weighted by Crippen LogP contribution is -2.09. The Balaban J connectivity index is 2.02. The number of hydrogen-bond acceptors (Lipinski definition) is 3. The van der Waals surface area contributed by atoms with Crippen LogP contribution in [0.5, 0.6) is 0 Å². The van der Waals surface area contributed by atoms with E-state index in [1.54, 1.807) is 12.1 Å². The molecule has 0 radical (unpaired) electrons. The fourth-order valence-corrected chi connectivity index (χ4v) is 4.59. The van der Waals surface area contributed by atoms with Crippen LogP contribution >= 0.6 is 0 Å². The van der Waals surface area contributed by atoms with E-state index in [9.17, 15) is 8.42 Å². The Kier molecular flexibility index (Phi) is 12.7. The van der Waals surface area contributed by atoms with E-state index in [1.807, 2.05) is 19.9 Å². The average molecular weight is 397 g/mol. The minimum absolute atomic E-state index is 0.285. The predicted octanol–water partition coefficient (Wildman–Crippen LogP) is 7.10. The van der Waals surface area contributed by atoms with Gasteiger partial charge >= 0.3 is 0 Å². The lowest BCUT2D eigenvalue weighted by atomic mass is 10.0. The first-order chi connectivity index (χ1) is 13.0. The fraction of sp³-hybridized carbons (Fsp3) is 0.739. The molecule has 27 heavy (non-hydrogen) atoms. The van der Waals surface area contributed by atoms with Gasteiger partial charge in [0, 0.05) is 0 Å². The highest BCUT2D eigenvalue weighted by atomic mass is 32.2. The average Bonchev–Trinajstić information content (AvgIpc) is 2.64. The van der Waals surface area contributed by atoms with Crippen LogP contribution < -0.4 is 0 Å². The Bertz CT molecular complexity index is 608. The lowest BCUT2D eigenvalue weighted by Gasteiger charge is -2.10. The second kappa shape index (κ2) is 14.2. The van der Waals surface area contributed by atoms with E-state index in [0.29, 0.717) is 4.90 Å². The summed E-state index contributed by atoms with van der Waals surface area (Å²) in [5.41, 5.74) is 1.75. The molecule has 0 saturated heterocycles. The molecule has 0 bridgehead atoms. The van der Waals surface area contributed by atoms with Crippen molar-refractivity contribution < 1.29 is 12.6 Å². The molecule has 0 spiro atoms. The van der Waals surface area contributed by atoms with Gasteiger partial charge in [-0.3, -0.25) is 4.18 Å². The molecule has 0 N–H and O–H groups in total. The van der Waals surface area contributed by atoms with Crippen LogP contribution in [0.15, 0.2) is 23.1 Å². The molecule has 0 fully saturated rings. The van der Waals surface area contributed by atoms with Crippen molar-refractivity contribution in [3.8, 4) is 0 Å². The predicted molar refractivity (Wildman–Crippen MR) is 115 cm³/mol. The van der Waals surface area contributed by atoms with Crippen molar-refractivity contribution in [2.75, 3.05) is 6.61 Å². The molecule has 1 rings (SSSR count). The highest BCUT2D eigenvalue weighted by Gasteiger charge is 2.18. The van der Waals surface area contributed by atoms with Gasteiger partial charge in [0.25, 0.3) is 10.1 Å². The first kappa shape index (κ1) is 24.2. The van der Waals surface area contributed by atoms with Gasteiger partial charge in [-0.15, -0.1) is 0 Å². The quantitative estimate of drug-likeness (QED) is 0.221. The van der Waals surface area contributed by atoms with Crippen molar-refractivity contribution >= 4 is 10.1 Å². The third-order valence-corrected chi connectivity index (χ3v) is 6.77. The number of hydrogen-bond donors (Lipinski definition) is 0. The summed E-state index contributed by atoms with van der Waals surface area (Å²) in [6.45, 7) is 6.29. The fourth-order valence-electron chi connectivity index (χ4n) is 3.35. The Morgan fingerprint density at radius 1 is 0.741 bits per heavy atom. The maximum atomic E-state index is 12.3. The van der Waals surface area contributed by atoms with Crippen LogP contribution in [0.3, 0.4) is 0 Å². The summed E-state index contributed by atoms with van der Waals surface area (Å²) in [6.07, 6.45) is 16.6. The number of aryl methyl sites for hydroxylation is 1. The van der Waals surface area contributed by atoms with E-state index in [0.717, 1.165) is 24.0 Å². The summed E-state index contributed by atoms with van der Waals surface area (Å²) < 4.78 is 29.8. The monoisotopic (exact) mass is 396 g/mol. The van der Waals surface area contributed by atoms with Gasteiger partial charge in [0.05, 0.1) is 11.5 Å². The minimum Gasteiger partial charge on any atom is -0.266 e.